The van der Waals surface area contributed by atoms with Gasteiger partial charge in [0.2, 0.25) is 5.17 Å². The number of hydrogen-bond acceptors (Lipinski definition) is 7. The number of para-hydroxylation sites is 2. The minimum atomic E-state index is -0.469. The molecule has 1 amide bonds. The van der Waals surface area contributed by atoms with Gasteiger partial charge in [-0.1, -0.05) is 42.5 Å². The molecule has 41 heavy (non-hydrogen) atoms. The third-order valence-electron chi connectivity index (χ3n) is 6.70. The number of fused-ring (bicyclic) bond motifs is 2. The van der Waals surface area contributed by atoms with E-state index in [-0.39, 0.29) is 18.0 Å². The number of thioether (sulfide) groups is 1. The van der Waals surface area contributed by atoms with Gasteiger partial charge in [-0.3, -0.25) is 10.2 Å². The minimum absolute atomic E-state index is 0.0171. The molecule has 10 heteroatoms. The fourth-order valence-electron chi connectivity index (χ4n) is 4.63. The summed E-state index contributed by atoms with van der Waals surface area (Å²) in [5, 5.41) is 16.6. The Kier molecular flexibility index (Phi) is 7.30. The summed E-state index contributed by atoms with van der Waals surface area (Å²) in [5.74, 6) is 1.74. The highest BCUT2D eigenvalue weighted by Gasteiger charge is 2.36. The van der Waals surface area contributed by atoms with Gasteiger partial charge in [-0.25, -0.2) is 0 Å². The van der Waals surface area contributed by atoms with Gasteiger partial charge in [0.1, 0.15) is 35.5 Å². The van der Waals surface area contributed by atoms with Crippen LogP contribution >= 0.6 is 11.8 Å². The lowest BCUT2D eigenvalue weighted by atomic mass is 10.1. The molecule has 3 heterocycles. The number of carbonyl (C=O) groups is 1. The molecule has 0 bridgehead atoms. The second-order valence-corrected chi connectivity index (χ2v) is 10.4. The van der Waals surface area contributed by atoms with Crippen LogP contribution in [0.4, 0.5) is 0 Å². The first-order chi connectivity index (χ1) is 20.0. The summed E-state index contributed by atoms with van der Waals surface area (Å²) >= 11 is 1.24. The lowest BCUT2D eigenvalue weighted by Crippen LogP contribution is -2.35. The van der Waals surface area contributed by atoms with E-state index in [1.807, 2.05) is 85.9 Å². The van der Waals surface area contributed by atoms with E-state index in [9.17, 15) is 4.79 Å². The molecular weight excluding hydrogens is 538 g/mol. The van der Waals surface area contributed by atoms with Crippen LogP contribution < -0.4 is 14.2 Å². The van der Waals surface area contributed by atoms with Crippen molar-refractivity contribution in [2.24, 2.45) is 10.1 Å². The number of aryl methyl sites for hydroxylation is 1. The van der Waals surface area contributed by atoms with Crippen LogP contribution in [0, 0.1) is 12.3 Å². The average Bonchev–Trinajstić information content (AvgIpc) is 3.56. The number of benzene rings is 3. The van der Waals surface area contributed by atoms with Crippen LogP contribution in [0.2, 0.25) is 0 Å². The van der Waals surface area contributed by atoms with Crippen molar-refractivity contribution in [2.75, 3.05) is 20.3 Å². The molecule has 0 spiro atoms. The molecule has 0 atom stereocenters. The standard InChI is InChI=1S/C31H27N5O4S/c1-20-8-3-6-13-27(20)40-19-28-34-36-29(32)25(30(37)33-31(36)41-28)16-21-18-35(26-12-5-4-11-24(21)26)14-15-39-23-10-7-9-22(17-23)38-2/h3-13,16-18,32H,14-15,19H2,1-2H3/b25-16-,32-29?. The number of nitrogens with one attached hydrogen (secondary N) is 1. The normalized spacial score (nSPS) is 15.7. The Balaban J connectivity index is 1.21. The second kappa shape index (κ2) is 11.3. The van der Waals surface area contributed by atoms with Gasteiger partial charge in [-0.15, -0.1) is 0 Å². The lowest BCUT2D eigenvalue weighted by Gasteiger charge is -2.20. The van der Waals surface area contributed by atoms with Crippen molar-refractivity contribution in [1.29, 1.82) is 5.41 Å². The molecular formula is C31H27N5O4S. The number of aliphatic imine (C=N–C) groups is 1. The highest BCUT2D eigenvalue weighted by Crippen LogP contribution is 2.31. The number of nitrogens with zero attached hydrogens (tertiary/aromatic N) is 4. The number of ether oxygens (including phenoxy) is 3. The van der Waals surface area contributed by atoms with Gasteiger partial charge in [0, 0.05) is 28.7 Å². The molecule has 6 rings (SSSR count). The number of methoxy groups -OCH3 is 1. The molecule has 0 saturated heterocycles. The smallest absolute Gasteiger partial charge is 0.283 e. The summed E-state index contributed by atoms with van der Waals surface area (Å²) in [4.78, 5) is 17.3. The Morgan fingerprint density at radius 2 is 1.80 bits per heavy atom. The van der Waals surface area contributed by atoms with Gasteiger partial charge >= 0.3 is 0 Å². The van der Waals surface area contributed by atoms with E-state index < -0.39 is 5.91 Å². The first-order valence-corrected chi connectivity index (χ1v) is 13.8. The molecule has 0 fully saturated rings. The highest BCUT2D eigenvalue weighted by atomic mass is 32.2. The van der Waals surface area contributed by atoms with Crippen molar-refractivity contribution in [3.63, 3.8) is 0 Å². The number of rotatable bonds is 9. The Bertz CT molecular complexity index is 1760. The summed E-state index contributed by atoms with van der Waals surface area (Å²) in [6.07, 6.45) is 3.69. The van der Waals surface area contributed by atoms with Crippen molar-refractivity contribution in [3.8, 4) is 17.2 Å². The molecule has 9 nitrogen and oxygen atoms in total. The van der Waals surface area contributed by atoms with Crippen LogP contribution in [0.5, 0.6) is 17.2 Å². The zero-order valence-electron chi connectivity index (χ0n) is 22.5. The first kappa shape index (κ1) is 26.4. The number of aromatic nitrogens is 1. The van der Waals surface area contributed by atoms with Crippen LogP contribution in [0.15, 0.2) is 94.7 Å². The van der Waals surface area contributed by atoms with Gasteiger partial charge in [-0.05, 0) is 54.6 Å². The molecule has 0 radical (unpaired) electrons. The summed E-state index contributed by atoms with van der Waals surface area (Å²) in [5.41, 5.74) is 3.01. The summed E-state index contributed by atoms with van der Waals surface area (Å²) in [7, 11) is 1.62. The summed E-state index contributed by atoms with van der Waals surface area (Å²) < 4.78 is 19.2. The maximum absolute atomic E-state index is 13.1. The maximum atomic E-state index is 13.1. The monoisotopic (exact) mass is 565 g/mol. The van der Waals surface area contributed by atoms with Crippen molar-refractivity contribution >= 4 is 50.7 Å². The van der Waals surface area contributed by atoms with E-state index in [0.717, 1.165) is 39.3 Å². The molecule has 1 N–H and O–H groups in total. The van der Waals surface area contributed by atoms with Crippen molar-refractivity contribution in [3.05, 3.63) is 95.7 Å². The van der Waals surface area contributed by atoms with Crippen LogP contribution in [-0.4, -0.2) is 51.9 Å². The van der Waals surface area contributed by atoms with Crippen LogP contribution in [0.1, 0.15) is 11.1 Å². The highest BCUT2D eigenvalue weighted by molar-refractivity contribution is 8.27. The number of amides is 1. The van der Waals surface area contributed by atoms with Crippen molar-refractivity contribution in [1.82, 2.24) is 9.58 Å². The molecule has 206 valence electrons. The SMILES string of the molecule is COc1cccc(OCCn2cc(/C=C3/C(=N)N4N=C(COc5ccccc5C)SC4=NC3=O)c3ccccc32)c1. The molecule has 3 aromatic carbocycles. The number of hydrazone groups is 1. The zero-order valence-corrected chi connectivity index (χ0v) is 23.4. The van der Waals surface area contributed by atoms with Gasteiger partial charge in [0.15, 0.2) is 5.84 Å². The maximum Gasteiger partial charge on any atom is 0.283 e. The van der Waals surface area contributed by atoms with Crippen LogP contribution in [0.3, 0.4) is 0 Å². The van der Waals surface area contributed by atoms with Gasteiger partial charge < -0.3 is 18.8 Å². The molecule has 4 aromatic rings. The first-order valence-electron chi connectivity index (χ1n) is 13.0. The van der Waals surface area contributed by atoms with E-state index in [2.05, 4.69) is 14.7 Å². The van der Waals surface area contributed by atoms with E-state index in [0.29, 0.717) is 23.4 Å². The van der Waals surface area contributed by atoms with Gasteiger partial charge in [0.05, 0.1) is 19.2 Å². The fraction of sp³-hybridized carbons (Fsp3) is 0.161. The Labute approximate surface area is 241 Å². The largest absolute Gasteiger partial charge is 0.497 e. The summed E-state index contributed by atoms with van der Waals surface area (Å²) in [6, 6.07) is 23.2. The van der Waals surface area contributed by atoms with Crippen LogP contribution in [0.25, 0.3) is 17.0 Å². The van der Waals surface area contributed by atoms with E-state index in [1.165, 1.54) is 16.8 Å². The second-order valence-electron chi connectivity index (χ2n) is 9.39. The zero-order chi connectivity index (χ0) is 28.3. The molecule has 0 saturated carbocycles. The van der Waals surface area contributed by atoms with Gasteiger partial charge in [-0.2, -0.15) is 15.1 Å². The quantitative estimate of drug-likeness (QED) is 0.260. The third-order valence-corrected chi connectivity index (χ3v) is 7.58. The molecule has 0 unspecified atom stereocenters. The number of hydrogen-bond donors (Lipinski definition) is 1. The van der Waals surface area contributed by atoms with E-state index in [1.54, 1.807) is 13.2 Å². The van der Waals surface area contributed by atoms with Crippen LogP contribution in [-0.2, 0) is 11.3 Å². The number of carbonyl (C=O) groups excluding carboxylic acids is 1. The summed E-state index contributed by atoms with van der Waals surface area (Å²) in [6.45, 7) is 3.22. The van der Waals surface area contributed by atoms with Gasteiger partial charge in [0.25, 0.3) is 5.91 Å². The average molecular weight is 566 g/mol. The third kappa shape index (κ3) is 5.46. The predicted molar refractivity (Wildman–Crippen MR) is 162 cm³/mol. The minimum Gasteiger partial charge on any atom is -0.497 e. The topological polar surface area (TPSA) is 102 Å². The lowest BCUT2D eigenvalue weighted by molar-refractivity contribution is -0.114. The Morgan fingerprint density at radius 1 is 1.00 bits per heavy atom. The van der Waals surface area contributed by atoms with Crippen molar-refractivity contribution < 1.29 is 19.0 Å². The molecule has 0 aliphatic carbocycles. The predicted octanol–water partition coefficient (Wildman–Crippen LogP) is 5.74. The molecule has 1 aromatic heterocycles. The number of amidine groups is 2. The van der Waals surface area contributed by atoms with E-state index in [4.69, 9.17) is 19.6 Å². The Hall–Kier alpha value is -4.83. The van der Waals surface area contributed by atoms with E-state index >= 15 is 0 Å². The van der Waals surface area contributed by atoms with Crippen molar-refractivity contribution in [2.45, 2.75) is 13.5 Å². The molecule has 2 aliphatic rings. The Morgan fingerprint density at radius 3 is 2.66 bits per heavy atom. The fourth-order valence-corrected chi connectivity index (χ4v) is 5.43. The molecule has 2 aliphatic heterocycles.